The Morgan fingerprint density at radius 1 is 0.867 bits per heavy atom. The maximum atomic E-state index is 11.5. The zero-order valence-electron chi connectivity index (χ0n) is 15.8. The largest absolute Gasteiger partial charge is 0.384 e. The van der Waals surface area contributed by atoms with Crippen molar-refractivity contribution < 1.29 is 5.11 Å². The molecule has 0 saturated carbocycles. The first kappa shape index (κ1) is 18.4. The van der Waals surface area contributed by atoms with Gasteiger partial charge in [0.05, 0.1) is 4.88 Å². The average Bonchev–Trinajstić information content (AvgIpc) is 3.50. The van der Waals surface area contributed by atoms with Crippen molar-refractivity contribution in [3.8, 4) is 32.3 Å². The number of H-pyrrole nitrogens is 1. The van der Waals surface area contributed by atoms with Gasteiger partial charge in [-0.25, -0.2) is 4.98 Å². The standard InChI is InChI=1S/C23H17N5OS/c29-21(18-6-2-1-5-17(18)16-4-3-9-25-13-16)19-12-20(15-7-10-24-11-8-15)30-22(19)23-26-14-27-28-23/h1-14,21,29H,(H,26,27,28). The van der Waals surface area contributed by atoms with E-state index in [2.05, 4.69) is 25.1 Å². The number of aliphatic hydroxyl groups is 1. The maximum Gasteiger partial charge on any atom is 0.165 e. The van der Waals surface area contributed by atoms with Crippen molar-refractivity contribution >= 4 is 11.3 Å². The number of hydrogen-bond acceptors (Lipinski definition) is 6. The summed E-state index contributed by atoms with van der Waals surface area (Å²) in [4.78, 5) is 14.5. The third kappa shape index (κ3) is 3.41. The van der Waals surface area contributed by atoms with E-state index in [9.17, 15) is 5.11 Å². The Morgan fingerprint density at radius 2 is 1.73 bits per heavy atom. The predicted molar refractivity (Wildman–Crippen MR) is 117 cm³/mol. The number of aromatic nitrogens is 5. The van der Waals surface area contributed by atoms with Crippen LogP contribution in [-0.4, -0.2) is 30.3 Å². The van der Waals surface area contributed by atoms with E-state index in [0.717, 1.165) is 37.6 Å². The Hall–Kier alpha value is -3.68. The molecule has 5 rings (SSSR count). The third-order valence-corrected chi connectivity index (χ3v) is 6.08. The second-order valence-corrected chi connectivity index (χ2v) is 7.75. The molecule has 0 spiro atoms. The molecule has 0 amide bonds. The van der Waals surface area contributed by atoms with Gasteiger partial charge in [-0.3, -0.25) is 15.1 Å². The number of pyridine rings is 2. The fourth-order valence-electron chi connectivity index (χ4n) is 3.45. The number of aromatic amines is 1. The second-order valence-electron chi connectivity index (χ2n) is 6.70. The predicted octanol–water partition coefficient (Wildman–Crippen LogP) is 4.74. The minimum absolute atomic E-state index is 0.633. The number of rotatable bonds is 5. The van der Waals surface area contributed by atoms with Crippen molar-refractivity contribution in [1.82, 2.24) is 25.1 Å². The van der Waals surface area contributed by atoms with Crippen molar-refractivity contribution in [1.29, 1.82) is 0 Å². The molecule has 1 unspecified atom stereocenters. The summed E-state index contributed by atoms with van der Waals surface area (Å²) in [5.41, 5.74) is 4.52. The number of nitrogens with one attached hydrogen (secondary N) is 1. The van der Waals surface area contributed by atoms with Crippen LogP contribution in [-0.2, 0) is 0 Å². The van der Waals surface area contributed by atoms with Crippen LogP contribution >= 0.6 is 11.3 Å². The summed E-state index contributed by atoms with van der Waals surface area (Å²) in [5.74, 6) is 0.633. The molecule has 6 nitrogen and oxygen atoms in total. The van der Waals surface area contributed by atoms with Crippen molar-refractivity contribution in [3.63, 3.8) is 0 Å². The van der Waals surface area contributed by atoms with E-state index >= 15 is 0 Å². The smallest absolute Gasteiger partial charge is 0.165 e. The summed E-state index contributed by atoms with van der Waals surface area (Å²) < 4.78 is 0. The number of benzene rings is 1. The van der Waals surface area contributed by atoms with Crippen LogP contribution in [0.1, 0.15) is 17.2 Å². The second kappa shape index (κ2) is 7.98. The van der Waals surface area contributed by atoms with E-state index < -0.39 is 6.10 Å². The summed E-state index contributed by atoms with van der Waals surface area (Å²) >= 11 is 1.56. The highest BCUT2D eigenvalue weighted by Crippen LogP contribution is 2.42. The molecule has 146 valence electrons. The molecule has 4 aromatic heterocycles. The molecule has 0 saturated heterocycles. The van der Waals surface area contributed by atoms with E-state index in [1.54, 1.807) is 36.1 Å². The highest BCUT2D eigenvalue weighted by Gasteiger charge is 2.23. The van der Waals surface area contributed by atoms with Crippen LogP contribution in [0, 0.1) is 0 Å². The topological polar surface area (TPSA) is 87.6 Å². The van der Waals surface area contributed by atoms with Crippen LogP contribution in [0.2, 0.25) is 0 Å². The SMILES string of the molecule is OC(c1ccccc1-c1cccnc1)c1cc(-c2ccncc2)sc1-c1ncn[nH]1. The Morgan fingerprint density at radius 3 is 2.50 bits per heavy atom. The molecular formula is C23H17N5OS. The molecule has 0 aliphatic carbocycles. The Kier molecular flexibility index (Phi) is 4.88. The molecule has 1 aromatic carbocycles. The van der Waals surface area contributed by atoms with Crippen molar-refractivity contribution in [2.24, 2.45) is 0 Å². The van der Waals surface area contributed by atoms with Gasteiger partial charge >= 0.3 is 0 Å². The van der Waals surface area contributed by atoms with Gasteiger partial charge in [-0.15, -0.1) is 11.3 Å². The molecule has 30 heavy (non-hydrogen) atoms. The number of nitrogens with zero attached hydrogens (tertiary/aromatic N) is 4. The van der Waals surface area contributed by atoms with Gasteiger partial charge in [-0.05, 0) is 41.0 Å². The van der Waals surface area contributed by atoms with Crippen LogP contribution < -0.4 is 0 Å². The molecule has 0 aliphatic heterocycles. The summed E-state index contributed by atoms with van der Waals surface area (Å²) in [6, 6.07) is 17.7. The Bertz CT molecular complexity index is 1250. The highest BCUT2D eigenvalue weighted by molar-refractivity contribution is 7.19. The first-order valence-electron chi connectivity index (χ1n) is 9.38. The Labute approximate surface area is 177 Å². The normalized spacial score (nSPS) is 12.0. The van der Waals surface area contributed by atoms with Gasteiger partial charge in [0.25, 0.3) is 0 Å². The lowest BCUT2D eigenvalue weighted by atomic mass is 9.93. The highest BCUT2D eigenvalue weighted by atomic mass is 32.1. The molecule has 5 aromatic rings. The van der Waals surface area contributed by atoms with Crippen LogP contribution in [0.25, 0.3) is 32.3 Å². The first-order valence-corrected chi connectivity index (χ1v) is 10.2. The van der Waals surface area contributed by atoms with Crippen LogP contribution in [0.5, 0.6) is 0 Å². The number of hydrogen-bond donors (Lipinski definition) is 2. The summed E-state index contributed by atoms with van der Waals surface area (Å²) in [6.45, 7) is 0. The summed E-state index contributed by atoms with van der Waals surface area (Å²) in [7, 11) is 0. The van der Waals surface area contributed by atoms with Crippen LogP contribution in [0.4, 0.5) is 0 Å². The van der Waals surface area contributed by atoms with Crippen molar-refractivity contribution in [2.45, 2.75) is 6.10 Å². The van der Waals surface area contributed by atoms with E-state index in [-0.39, 0.29) is 0 Å². The van der Waals surface area contributed by atoms with Crippen LogP contribution in [0.3, 0.4) is 0 Å². The molecule has 0 radical (unpaired) electrons. The number of thiophene rings is 1. The summed E-state index contributed by atoms with van der Waals surface area (Å²) in [6.07, 6.45) is 7.70. The monoisotopic (exact) mass is 411 g/mol. The van der Waals surface area contributed by atoms with Gasteiger partial charge in [0, 0.05) is 40.8 Å². The molecule has 4 heterocycles. The molecule has 0 fully saturated rings. The van der Waals surface area contributed by atoms with Gasteiger partial charge in [0.1, 0.15) is 12.4 Å². The zero-order chi connectivity index (χ0) is 20.3. The van der Waals surface area contributed by atoms with Gasteiger partial charge in [0.15, 0.2) is 5.82 Å². The van der Waals surface area contributed by atoms with E-state index in [0.29, 0.717) is 5.82 Å². The molecular weight excluding hydrogens is 394 g/mol. The molecule has 2 N–H and O–H groups in total. The van der Waals surface area contributed by atoms with Crippen molar-refractivity contribution in [3.05, 3.63) is 96.8 Å². The lowest BCUT2D eigenvalue weighted by Crippen LogP contribution is -2.02. The van der Waals surface area contributed by atoms with E-state index in [1.165, 1.54) is 6.33 Å². The molecule has 0 aliphatic rings. The fraction of sp³-hybridized carbons (Fsp3) is 0.0435. The zero-order valence-corrected chi connectivity index (χ0v) is 16.6. The van der Waals surface area contributed by atoms with Gasteiger partial charge in [-0.1, -0.05) is 30.3 Å². The minimum atomic E-state index is -0.839. The average molecular weight is 411 g/mol. The maximum absolute atomic E-state index is 11.5. The molecule has 7 heteroatoms. The van der Waals surface area contributed by atoms with Crippen molar-refractivity contribution in [2.75, 3.05) is 0 Å². The molecule has 0 bridgehead atoms. The molecule has 1 atom stereocenters. The quantitative estimate of drug-likeness (QED) is 0.436. The van der Waals surface area contributed by atoms with Gasteiger partial charge in [-0.2, -0.15) is 5.10 Å². The number of aliphatic hydroxyl groups excluding tert-OH is 1. The third-order valence-electron chi connectivity index (χ3n) is 4.88. The lowest BCUT2D eigenvalue weighted by molar-refractivity contribution is 0.222. The van der Waals surface area contributed by atoms with Gasteiger partial charge < -0.3 is 5.11 Å². The van der Waals surface area contributed by atoms with E-state index in [1.807, 2.05) is 54.6 Å². The minimum Gasteiger partial charge on any atom is -0.384 e. The Balaban J connectivity index is 1.65. The lowest BCUT2D eigenvalue weighted by Gasteiger charge is -2.16. The van der Waals surface area contributed by atoms with Gasteiger partial charge in [0.2, 0.25) is 0 Å². The first-order chi connectivity index (χ1) is 14.8. The fourth-order valence-corrected chi connectivity index (χ4v) is 4.60. The summed E-state index contributed by atoms with van der Waals surface area (Å²) in [5, 5.41) is 18.4. The van der Waals surface area contributed by atoms with Crippen LogP contribution in [0.15, 0.2) is 85.7 Å². The van der Waals surface area contributed by atoms with E-state index in [4.69, 9.17) is 0 Å².